The van der Waals surface area contributed by atoms with Gasteiger partial charge in [-0.25, -0.2) is 8.78 Å². The van der Waals surface area contributed by atoms with E-state index in [4.69, 9.17) is 5.26 Å². The molecule has 0 radical (unpaired) electrons. The molecule has 0 bridgehead atoms. The molecule has 2 atom stereocenters. The molecule has 1 aromatic carbocycles. The topological polar surface area (TPSA) is 35.8 Å². The van der Waals surface area contributed by atoms with E-state index >= 15 is 0 Å². The van der Waals surface area contributed by atoms with Gasteiger partial charge in [0.05, 0.1) is 12.5 Å². The summed E-state index contributed by atoms with van der Waals surface area (Å²) in [5.74, 6) is -0.825. The van der Waals surface area contributed by atoms with E-state index in [-0.39, 0.29) is 12.1 Å². The van der Waals surface area contributed by atoms with Crippen molar-refractivity contribution >= 4 is 0 Å². The van der Waals surface area contributed by atoms with Gasteiger partial charge < -0.3 is 5.32 Å². The Balaban J connectivity index is 2.87. The number of aryl methyl sites for hydroxylation is 1. The van der Waals surface area contributed by atoms with Gasteiger partial charge in [-0.05, 0) is 38.0 Å². The molecule has 0 aliphatic heterocycles. The van der Waals surface area contributed by atoms with Crippen LogP contribution in [0.5, 0.6) is 0 Å². The molecule has 2 unspecified atom stereocenters. The number of benzene rings is 1. The van der Waals surface area contributed by atoms with E-state index in [0.717, 1.165) is 6.42 Å². The van der Waals surface area contributed by atoms with Gasteiger partial charge in [0.15, 0.2) is 0 Å². The van der Waals surface area contributed by atoms with E-state index in [1.54, 1.807) is 6.92 Å². The summed E-state index contributed by atoms with van der Waals surface area (Å²) in [5.41, 5.74) is 0.599. The molecule has 1 rings (SSSR count). The van der Waals surface area contributed by atoms with Crippen molar-refractivity contribution < 1.29 is 8.78 Å². The van der Waals surface area contributed by atoms with Gasteiger partial charge in [0.25, 0.3) is 0 Å². The molecule has 98 valence electrons. The smallest absolute Gasteiger partial charge is 0.128 e. The highest BCUT2D eigenvalue weighted by Gasteiger charge is 2.16. The van der Waals surface area contributed by atoms with Crippen LogP contribution in [0.1, 0.15) is 43.9 Å². The van der Waals surface area contributed by atoms with Gasteiger partial charge in [-0.15, -0.1) is 0 Å². The number of hydrogen-bond acceptors (Lipinski definition) is 2. The fourth-order valence-electron chi connectivity index (χ4n) is 1.87. The predicted octanol–water partition coefficient (Wildman–Crippen LogP) is 3.62. The summed E-state index contributed by atoms with van der Waals surface area (Å²) >= 11 is 0. The van der Waals surface area contributed by atoms with E-state index < -0.39 is 11.6 Å². The van der Waals surface area contributed by atoms with Crippen molar-refractivity contribution in [3.63, 3.8) is 0 Å². The van der Waals surface area contributed by atoms with Crippen molar-refractivity contribution in [3.05, 3.63) is 34.9 Å². The van der Waals surface area contributed by atoms with Gasteiger partial charge in [0.2, 0.25) is 0 Å². The van der Waals surface area contributed by atoms with Gasteiger partial charge in [-0.2, -0.15) is 5.26 Å². The standard InChI is InChI=1S/C14H18F2N2/c1-4-11(5-6-17)18-10(3)12-8-13(15)9(2)7-14(12)16/h7-8,10-11,18H,4-5H2,1-3H3. The normalized spacial score (nSPS) is 14.0. The Morgan fingerprint density at radius 3 is 2.56 bits per heavy atom. The predicted molar refractivity (Wildman–Crippen MR) is 67.0 cm³/mol. The lowest BCUT2D eigenvalue weighted by Crippen LogP contribution is -2.31. The Bertz CT molecular complexity index is 452. The zero-order valence-corrected chi connectivity index (χ0v) is 10.9. The summed E-state index contributed by atoms with van der Waals surface area (Å²) in [5, 5.41) is 11.8. The molecular weight excluding hydrogens is 234 g/mol. The third kappa shape index (κ3) is 3.51. The number of halogens is 2. The zero-order chi connectivity index (χ0) is 13.7. The number of nitrogens with one attached hydrogen (secondary N) is 1. The molecule has 0 spiro atoms. The molecule has 0 aliphatic rings. The molecule has 4 heteroatoms. The first-order chi connectivity index (χ1) is 8.49. The summed E-state index contributed by atoms with van der Waals surface area (Å²) in [4.78, 5) is 0. The second-order valence-corrected chi connectivity index (χ2v) is 4.48. The molecule has 0 heterocycles. The van der Waals surface area contributed by atoms with E-state index in [1.807, 2.05) is 6.92 Å². The van der Waals surface area contributed by atoms with Crippen LogP contribution in [0, 0.1) is 29.9 Å². The lowest BCUT2D eigenvalue weighted by Gasteiger charge is -2.21. The monoisotopic (exact) mass is 252 g/mol. The first-order valence-electron chi connectivity index (χ1n) is 6.08. The molecule has 0 amide bonds. The van der Waals surface area contributed by atoms with Crippen molar-refractivity contribution in [2.24, 2.45) is 0 Å². The van der Waals surface area contributed by atoms with Gasteiger partial charge in [0.1, 0.15) is 11.6 Å². The van der Waals surface area contributed by atoms with Crippen LogP contribution in [0.2, 0.25) is 0 Å². The van der Waals surface area contributed by atoms with Crippen LogP contribution in [-0.4, -0.2) is 6.04 Å². The maximum atomic E-state index is 13.7. The minimum Gasteiger partial charge on any atom is -0.306 e. The van der Waals surface area contributed by atoms with E-state index in [0.29, 0.717) is 17.5 Å². The van der Waals surface area contributed by atoms with Crippen molar-refractivity contribution in [1.82, 2.24) is 5.32 Å². The maximum absolute atomic E-state index is 13.7. The van der Waals surface area contributed by atoms with E-state index in [1.165, 1.54) is 19.1 Å². The number of hydrogen-bond donors (Lipinski definition) is 1. The summed E-state index contributed by atoms with van der Waals surface area (Å²) in [7, 11) is 0. The lowest BCUT2D eigenvalue weighted by molar-refractivity contribution is 0.433. The molecule has 18 heavy (non-hydrogen) atoms. The van der Waals surface area contributed by atoms with Crippen LogP contribution in [0.25, 0.3) is 0 Å². The molecule has 1 aromatic rings. The van der Waals surface area contributed by atoms with Crippen LogP contribution in [0.4, 0.5) is 8.78 Å². The summed E-state index contributed by atoms with van der Waals surface area (Å²) in [6.07, 6.45) is 1.13. The summed E-state index contributed by atoms with van der Waals surface area (Å²) in [6.45, 7) is 5.26. The molecule has 0 fully saturated rings. The van der Waals surface area contributed by atoms with Gasteiger partial charge in [-0.1, -0.05) is 6.92 Å². The Morgan fingerprint density at radius 1 is 1.33 bits per heavy atom. The van der Waals surface area contributed by atoms with E-state index in [2.05, 4.69) is 11.4 Å². The van der Waals surface area contributed by atoms with Crippen molar-refractivity contribution in [3.8, 4) is 6.07 Å². The molecule has 2 nitrogen and oxygen atoms in total. The Morgan fingerprint density at radius 2 is 2.00 bits per heavy atom. The molecule has 0 saturated carbocycles. The fraction of sp³-hybridized carbons (Fsp3) is 0.500. The Labute approximate surface area is 107 Å². The largest absolute Gasteiger partial charge is 0.306 e. The first kappa shape index (κ1) is 14.6. The Hall–Kier alpha value is -1.47. The molecule has 1 N–H and O–H groups in total. The van der Waals surface area contributed by atoms with Crippen LogP contribution in [-0.2, 0) is 0 Å². The van der Waals surface area contributed by atoms with Crippen molar-refractivity contribution in [2.75, 3.05) is 0 Å². The SMILES string of the molecule is CCC(CC#N)NC(C)c1cc(F)c(C)cc1F. The van der Waals surface area contributed by atoms with Crippen LogP contribution in [0.15, 0.2) is 12.1 Å². The number of nitriles is 1. The molecule has 0 aromatic heterocycles. The molecule has 0 aliphatic carbocycles. The average Bonchev–Trinajstić information content (AvgIpc) is 2.33. The summed E-state index contributed by atoms with van der Waals surface area (Å²) < 4.78 is 27.2. The lowest BCUT2D eigenvalue weighted by atomic mass is 10.0. The van der Waals surface area contributed by atoms with Gasteiger partial charge in [-0.3, -0.25) is 0 Å². The first-order valence-corrected chi connectivity index (χ1v) is 6.08. The Kier molecular flexibility index (Phi) is 5.24. The fourth-order valence-corrected chi connectivity index (χ4v) is 1.87. The van der Waals surface area contributed by atoms with Crippen LogP contribution in [0.3, 0.4) is 0 Å². The quantitative estimate of drug-likeness (QED) is 0.868. The minimum atomic E-state index is -0.416. The highest BCUT2D eigenvalue weighted by Crippen LogP contribution is 2.21. The number of nitrogens with zero attached hydrogens (tertiary/aromatic N) is 1. The number of rotatable bonds is 5. The van der Waals surface area contributed by atoms with Crippen LogP contribution < -0.4 is 5.32 Å². The highest BCUT2D eigenvalue weighted by molar-refractivity contribution is 5.27. The maximum Gasteiger partial charge on any atom is 0.128 e. The summed E-state index contributed by atoms with van der Waals surface area (Å²) in [6, 6.07) is 4.18. The van der Waals surface area contributed by atoms with Gasteiger partial charge >= 0.3 is 0 Å². The van der Waals surface area contributed by atoms with Crippen LogP contribution >= 0.6 is 0 Å². The third-order valence-corrected chi connectivity index (χ3v) is 3.06. The minimum absolute atomic E-state index is 0.00577. The molecule has 0 saturated heterocycles. The van der Waals surface area contributed by atoms with Gasteiger partial charge in [0, 0.05) is 17.6 Å². The average molecular weight is 252 g/mol. The molecular formula is C14H18F2N2. The zero-order valence-electron chi connectivity index (χ0n) is 10.9. The second kappa shape index (κ2) is 6.46. The van der Waals surface area contributed by atoms with Crippen molar-refractivity contribution in [1.29, 1.82) is 5.26 Å². The second-order valence-electron chi connectivity index (χ2n) is 4.48. The van der Waals surface area contributed by atoms with E-state index in [9.17, 15) is 8.78 Å². The van der Waals surface area contributed by atoms with Crippen molar-refractivity contribution in [2.45, 2.75) is 45.7 Å². The highest BCUT2D eigenvalue weighted by atomic mass is 19.1. The third-order valence-electron chi connectivity index (χ3n) is 3.06.